The second kappa shape index (κ2) is 5.26. The van der Waals surface area contributed by atoms with Gasteiger partial charge in [-0.1, -0.05) is 18.2 Å². The minimum atomic E-state index is -0.0289. The molecular weight excluding hydrogens is 240 g/mol. The number of para-hydroxylation sites is 1. The van der Waals surface area contributed by atoms with Gasteiger partial charge in [0, 0.05) is 18.5 Å². The number of benzene rings is 1. The second-order valence-electron chi connectivity index (χ2n) is 4.83. The van der Waals surface area contributed by atoms with Crippen molar-refractivity contribution in [3.05, 3.63) is 36.0 Å². The minimum absolute atomic E-state index is 0.00587. The van der Waals surface area contributed by atoms with Crippen molar-refractivity contribution < 1.29 is 9.53 Å². The van der Waals surface area contributed by atoms with Gasteiger partial charge in [0.15, 0.2) is 5.90 Å². The highest BCUT2D eigenvalue weighted by atomic mass is 16.5. The molecule has 1 heterocycles. The van der Waals surface area contributed by atoms with E-state index in [1.165, 1.54) is 6.92 Å². The van der Waals surface area contributed by atoms with Crippen molar-refractivity contribution in [1.29, 1.82) is 5.41 Å². The number of carbonyl (C=O) groups is 1. The summed E-state index contributed by atoms with van der Waals surface area (Å²) < 4.78 is 6.98. The first-order valence-corrected chi connectivity index (χ1v) is 6.33. The molecule has 2 rings (SSSR count). The van der Waals surface area contributed by atoms with Crippen LogP contribution in [0.5, 0.6) is 0 Å². The van der Waals surface area contributed by atoms with Crippen LogP contribution in [0.4, 0.5) is 0 Å². The molecule has 0 amide bonds. The summed E-state index contributed by atoms with van der Waals surface area (Å²) in [6, 6.07) is 7.71. The minimum Gasteiger partial charge on any atom is -0.478 e. The summed E-state index contributed by atoms with van der Waals surface area (Å²) in [7, 11) is 0. The van der Waals surface area contributed by atoms with E-state index in [2.05, 4.69) is 0 Å². The third-order valence-electron chi connectivity index (χ3n) is 2.86. The maximum atomic E-state index is 11.6. The summed E-state index contributed by atoms with van der Waals surface area (Å²) in [5.74, 6) is 0.195. The van der Waals surface area contributed by atoms with E-state index in [0.717, 1.165) is 16.5 Å². The molecule has 19 heavy (non-hydrogen) atoms. The quantitative estimate of drug-likeness (QED) is 0.678. The smallest absolute Gasteiger partial charge is 0.227 e. The first-order valence-electron chi connectivity index (χ1n) is 6.33. The van der Waals surface area contributed by atoms with E-state index in [9.17, 15) is 4.79 Å². The lowest BCUT2D eigenvalue weighted by molar-refractivity contribution is 0.0941. The third kappa shape index (κ3) is 2.84. The zero-order chi connectivity index (χ0) is 14.0. The Kier molecular flexibility index (Phi) is 3.69. The number of nitrogens with one attached hydrogen (secondary N) is 1. The number of fused-ring (bicyclic) bond motifs is 1. The lowest BCUT2D eigenvalue weighted by Crippen LogP contribution is -2.12. The Morgan fingerprint density at radius 2 is 2.05 bits per heavy atom. The first-order chi connectivity index (χ1) is 8.99. The number of nitrogens with zero attached hydrogens (tertiary/aromatic N) is 1. The molecule has 1 N–H and O–H groups in total. The van der Waals surface area contributed by atoms with Gasteiger partial charge in [-0.2, -0.15) is 0 Å². The molecule has 1 aromatic heterocycles. The van der Waals surface area contributed by atoms with Crippen LogP contribution in [-0.4, -0.2) is 22.5 Å². The fourth-order valence-electron chi connectivity index (χ4n) is 2.15. The molecule has 2 aromatic rings. The zero-order valence-electron chi connectivity index (χ0n) is 11.4. The Balaban J connectivity index is 2.38. The lowest BCUT2D eigenvalue weighted by Gasteiger charge is -2.09. The summed E-state index contributed by atoms with van der Waals surface area (Å²) in [6.07, 6.45) is 2.19. The van der Waals surface area contributed by atoms with Crippen LogP contribution in [0.15, 0.2) is 30.5 Å². The average molecular weight is 258 g/mol. The highest BCUT2D eigenvalue weighted by Crippen LogP contribution is 2.22. The predicted molar refractivity (Wildman–Crippen MR) is 75.9 cm³/mol. The van der Waals surface area contributed by atoms with Gasteiger partial charge < -0.3 is 4.74 Å². The van der Waals surface area contributed by atoms with E-state index >= 15 is 0 Å². The predicted octanol–water partition coefficient (Wildman–Crippen LogP) is 3.25. The Bertz CT molecular complexity index is 626. The normalized spacial score (nSPS) is 10.9. The van der Waals surface area contributed by atoms with Crippen LogP contribution < -0.4 is 0 Å². The standard InChI is InChI=1S/C15H18N2O2/c1-10(2)19-15(16)8-12-9-17(11(3)18)14-7-5-4-6-13(12)14/h4-7,9-10,16H,8H2,1-3H3. The third-order valence-corrected chi connectivity index (χ3v) is 2.86. The van der Waals surface area contributed by atoms with Crippen molar-refractivity contribution in [3.8, 4) is 0 Å². The highest BCUT2D eigenvalue weighted by molar-refractivity contribution is 5.95. The fourth-order valence-corrected chi connectivity index (χ4v) is 2.15. The summed E-state index contributed by atoms with van der Waals surface area (Å²) in [4.78, 5) is 11.6. The van der Waals surface area contributed by atoms with E-state index in [1.807, 2.05) is 38.1 Å². The van der Waals surface area contributed by atoms with E-state index < -0.39 is 0 Å². The van der Waals surface area contributed by atoms with Gasteiger partial charge in [-0.25, -0.2) is 0 Å². The van der Waals surface area contributed by atoms with Gasteiger partial charge in [0.05, 0.1) is 18.0 Å². The van der Waals surface area contributed by atoms with Crippen LogP contribution in [0.2, 0.25) is 0 Å². The Hall–Kier alpha value is -2.10. The van der Waals surface area contributed by atoms with Gasteiger partial charge in [-0.15, -0.1) is 0 Å². The number of ether oxygens (including phenoxy) is 1. The molecule has 0 aliphatic carbocycles. The number of rotatable bonds is 3. The molecule has 1 aromatic carbocycles. The molecule has 100 valence electrons. The van der Waals surface area contributed by atoms with E-state index in [1.54, 1.807) is 10.8 Å². The van der Waals surface area contributed by atoms with Crippen LogP contribution in [0.3, 0.4) is 0 Å². The van der Waals surface area contributed by atoms with Gasteiger partial charge in [0.25, 0.3) is 0 Å². The number of hydrogen-bond donors (Lipinski definition) is 1. The maximum absolute atomic E-state index is 11.6. The SMILES string of the molecule is CC(=O)n1cc(CC(=N)OC(C)C)c2ccccc21. The molecule has 0 fully saturated rings. The Morgan fingerprint density at radius 3 is 2.68 bits per heavy atom. The number of aromatic nitrogens is 1. The summed E-state index contributed by atoms with van der Waals surface area (Å²) in [6.45, 7) is 5.33. The molecule has 0 bridgehead atoms. The number of hydrogen-bond acceptors (Lipinski definition) is 3. The molecule has 0 aliphatic heterocycles. The summed E-state index contributed by atoms with van der Waals surface area (Å²) in [5, 5.41) is 8.83. The topological polar surface area (TPSA) is 55.1 Å². The van der Waals surface area contributed by atoms with E-state index in [-0.39, 0.29) is 17.9 Å². The second-order valence-corrected chi connectivity index (χ2v) is 4.83. The van der Waals surface area contributed by atoms with Crippen LogP contribution in [0.1, 0.15) is 31.1 Å². The zero-order valence-corrected chi connectivity index (χ0v) is 11.4. The largest absolute Gasteiger partial charge is 0.478 e. The van der Waals surface area contributed by atoms with Crippen LogP contribution in [0, 0.1) is 5.41 Å². The monoisotopic (exact) mass is 258 g/mol. The van der Waals surface area contributed by atoms with Gasteiger partial charge in [0.1, 0.15) is 0 Å². The fraction of sp³-hybridized carbons (Fsp3) is 0.333. The summed E-state index contributed by atoms with van der Waals surface area (Å²) in [5.41, 5.74) is 1.82. The molecule has 0 aliphatic rings. The van der Waals surface area contributed by atoms with Crippen molar-refractivity contribution in [2.45, 2.75) is 33.3 Å². The molecule has 0 saturated carbocycles. The van der Waals surface area contributed by atoms with Crippen molar-refractivity contribution in [1.82, 2.24) is 4.57 Å². The van der Waals surface area contributed by atoms with Gasteiger partial charge in [0.2, 0.25) is 5.91 Å². The van der Waals surface area contributed by atoms with Crippen LogP contribution in [0.25, 0.3) is 10.9 Å². The molecule has 0 atom stereocenters. The van der Waals surface area contributed by atoms with Crippen molar-refractivity contribution in [3.63, 3.8) is 0 Å². The Labute approximate surface area is 112 Å². The molecule has 0 unspecified atom stereocenters. The van der Waals surface area contributed by atoms with Crippen LogP contribution in [-0.2, 0) is 11.2 Å². The highest BCUT2D eigenvalue weighted by Gasteiger charge is 2.13. The molecule has 0 spiro atoms. The molecule has 0 radical (unpaired) electrons. The molecule has 4 heteroatoms. The first kappa shape index (κ1) is 13.3. The van der Waals surface area contributed by atoms with E-state index in [4.69, 9.17) is 10.1 Å². The van der Waals surface area contributed by atoms with Gasteiger partial charge in [-0.05, 0) is 25.5 Å². The average Bonchev–Trinajstić information content (AvgIpc) is 2.67. The molecule has 0 saturated heterocycles. The van der Waals surface area contributed by atoms with E-state index in [0.29, 0.717) is 6.42 Å². The Morgan fingerprint density at radius 1 is 1.37 bits per heavy atom. The maximum Gasteiger partial charge on any atom is 0.227 e. The lowest BCUT2D eigenvalue weighted by atomic mass is 10.1. The van der Waals surface area contributed by atoms with Crippen molar-refractivity contribution >= 4 is 22.7 Å². The van der Waals surface area contributed by atoms with Gasteiger partial charge >= 0.3 is 0 Å². The number of carbonyl (C=O) groups excluding carboxylic acids is 1. The van der Waals surface area contributed by atoms with Gasteiger partial charge in [-0.3, -0.25) is 14.8 Å². The molecular formula is C15H18N2O2. The van der Waals surface area contributed by atoms with Crippen LogP contribution >= 0.6 is 0 Å². The van der Waals surface area contributed by atoms with Crippen molar-refractivity contribution in [2.75, 3.05) is 0 Å². The molecule has 4 nitrogen and oxygen atoms in total. The van der Waals surface area contributed by atoms with Crippen molar-refractivity contribution in [2.24, 2.45) is 0 Å². The summed E-state index contributed by atoms with van der Waals surface area (Å²) >= 11 is 0.